The highest BCUT2D eigenvalue weighted by molar-refractivity contribution is 7.89. The van der Waals surface area contributed by atoms with Crippen molar-refractivity contribution < 1.29 is 22.4 Å². The molecule has 0 saturated heterocycles. The number of benzene rings is 2. The van der Waals surface area contributed by atoms with Crippen LogP contribution in [0.1, 0.15) is 5.76 Å². The molecule has 1 amide bonds. The molecule has 0 saturated carbocycles. The Kier molecular flexibility index (Phi) is 6.01. The summed E-state index contributed by atoms with van der Waals surface area (Å²) in [5.41, 5.74) is 0.881. The molecule has 152 valence electrons. The number of carbonyl (C=O) groups excluding carboxylic acids is 1. The molecular weight excluding hydrogens is 406 g/mol. The number of ether oxygens (including phenoxy) is 1. The van der Waals surface area contributed by atoms with Gasteiger partial charge in [0.2, 0.25) is 10.0 Å². The monoisotopic (exact) mass is 423 g/mol. The second kappa shape index (κ2) is 8.65. The van der Waals surface area contributed by atoms with Gasteiger partial charge in [0.15, 0.2) is 0 Å². The topological polar surface area (TPSA) is 135 Å². The molecule has 1 heterocycles. The number of hydrogen-bond acceptors (Lipinski definition) is 6. The number of nitriles is 1. The second-order valence-corrected chi connectivity index (χ2v) is 7.66. The number of rotatable bonds is 6. The third-order valence-corrected chi connectivity index (χ3v) is 5.03. The standard InChI is InChI=1S/C21H17N3O5S/c1-28-20-5-3-2-4-18(20)24-21(25)15(13-22)12-16-8-11-19(29-16)14-6-9-17(10-7-14)30(23,26)27/h2-12H,1H3,(H,24,25)(H2,23,26,27)/b15-12-. The van der Waals surface area contributed by atoms with Crippen molar-refractivity contribution in [2.75, 3.05) is 12.4 Å². The van der Waals surface area contributed by atoms with Gasteiger partial charge in [-0.25, -0.2) is 13.6 Å². The first-order valence-corrected chi connectivity index (χ1v) is 10.2. The molecule has 30 heavy (non-hydrogen) atoms. The number of carbonyl (C=O) groups is 1. The maximum atomic E-state index is 12.5. The van der Waals surface area contributed by atoms with E-state index in [0.717, 1.165) is 0 Å². The Morgan fingerprint density at radius 2 is 1.83 bits per heavy atom. The number of hydrogen-bond donors (Lipinski definition) is 2. The Bertz CT molecular complexity index is 1250. The maximum Gasteiger partial charge on any atom is 0.266 e. The molecule has 2 aromatic carbocycles. The molecule has 1 aromatic heterocycles. The van der Waals surface area contributed by atoms with Crippen molar-refractivity contribution in [1.82, 2.24) is 0 Å². The van der Waals surface area contributed by atoms with Crippen LogP contribution >= 0.6 is 0 Å². The first-order chi connectivity index (χ1) is 14.3. The second-order valence-electron chi connectivity index (χ2n) is 6.10. The number of sulfonamides is 1. The van der Waals surface area contributed by atoms with Crippen molar-refractivity contribution in [3.05, 3.63) is 72.0 Å². The van der Waals surface area contributed by atoms with E-state index in [1.165, 1.54) is 25.3 Å². The van der Waals surface area contributed by atoms with E-state index < -0.39 is 15.9 Å². The molecule has 3 N–H and O–H groups in total. The number of amides is 1. The highest BCUT2D eigenvalue weighted by Crippen LogP contribution is 2.26. The van der Waals surface area contributed by atoms with Crippen LogP contribution in [-0.2, 0) is 14.8 Å². The molecule has 3 aromatic rings. The summed E-state index contributed by atoms with van der Waals surface area (Å²) in [7, 11) is -2.31. The Morgan fingerprint density at radius 3 is 2.47 bits per heavy atom. The quantitative estimate of drug-likeness (QED) is 0.462. The zero-order chi connectivity index (χ0) is 21.7. The summed E-state index contributed by atoms with van der Waals surface area (Å²) >= 11 is 0. The molecule has 0 aliphatic carbocycles. The van der Waals surface area contributed by atoms with Crippen LogP contribution in [0.2, 0.25) is 0 Å². The number of nitrogens with one attached hydrogen (secondary N) is 1. The first kappa shape index (κ1) is 20.9. The third-order valence-electron chi connectivity index (χ3n) is 4.10. The fourth-order valence-corrected chi connectivity index (χ4v) is 3.14. The van der Waals surface area contributed by atoms with Crippen molar-refractivity contribution >= 4 is 27.7 Å². The number of nitrogens with zero attached hydrogens (tertiary/aromatic N) is 1. The van der Waals surface area contributed by atoms with Gasteiger partial charge in [0.1, 0.15) is 28.9 Å². The lowest BCUT2D eigenvalue weighted by atomic mass is 10.2. The van der Waals surface area contributed by atoms with E-state index >= 15 is 0 Å². The fraction of sp³-hybridized carbons (Fsp3) is 0.0476. The van der Waals surface area contributed by atoms with Crippen LogP contribution in [-0.4, -0.2) is 21.4 Å². The van der Waals surface area contributed by atoms with Crippen LogP contribution in [0.3, 0.4) is 0 Å². The van der Waals surface area contributed by atoms with Gasteiger partial charge in [0.25, 0.3) is 5.91 Å². The van der Waals surface area contributed by atoms with Gasteiger partial charge in [0.05, 0.1) is 17.7 Å². The number of methoxy groups -OCH3 is 1. The van der Waals surface area contributed by atoms with Gasteiger partial charge in [0, 0.05) is 11.6 Å². The third kappa shape index (κ3) is 4.75. The number of anilines is 1. The van der Waals surface area contributed by atoms with Gasteiger partial charge in [-0.15, -0.1) is 0 Å². The van der Waals surface area contributed by atoms with E-state index in [2.05, 4.69) is 5.32 Å². The molecule has 9 heteroatoms. The zero-order valence-corrected chi connectivity index (χ0v) is 16.6. The van der Waals surface area contributed by atoms with E-state index in [1.54, 1.807) is 48.5 Å². The summed E-state index contributed by atoms with van der Waals surface area (Å²) in [5, 5.41) is 17.1. The maximum absolute atomic E-state index is 12.5. The van der Waals surface area contributed by atoms with Crippen molar-refractivity contribution in [2.24, 2.45) is 5.14 Å². The predicted molar refractivity (Wildman–Crippen MR) is 111 cm³/mol. The van der Waals surface area contributed by atoms with E-state index in [9.17, 15) is 18.5 Å². The van der Waals surface area contributed by atoms with Crippen LogP contribution in [0.4, 0.5) is 5.69 Å². The van der Waals surface area contributed by atoms with Gasteiger partial charge >= 0.3 is 0 Å². The van der Waals surface area contributed by atoms with Crippen molar-refractivity contribution in [3.8, 4) is 23.1 Å². The number of furan rings is 1. The van der Waals surface area contributed by atoms with Crippen LogP contribution in [0.5, 0.6) is 5.75 Å². The fourth-order valence-electron chi connectivity index (χ4n) is 2.62. The summed E-state index contributed by atoms with van der Waals surface area (Å²) in [6, 6.07) is 17.7. The summed E-state index contributed by atoms with van der Waals surface area (Å²) in [4.78, 5) is 12.4. The summed E-state index contributed by atoms with van der Waals surface area (Å²) in [6.07, 6.45) is 1.31. The van der Waals surface area contributed by atoms with Crippen molar-refractivity contribution in [2.45, 2.75) is 4.90 Å². The van der Waals surface area contributed by atoms with Crippen LogP contribution in [0.15, 0.2) is 75.5 Å². The average Bonchev–Trinajstić information content (AvgIpc) is 3.20. The minimum Gasteiger partial charge on any atom is -0.495 e. The summed E-state index contributed by atoms with van der Waals surface area (Å²) in [6.45, 7) is 0. The SMILES string of the molecule is COc1ccccc1NC(=O)/C(C#N)=C\c1ccc(-c2ccc(S(N)(=O)=O)cc2)o1. The Balaban J connectivity index is 1.81. The first-order valence-electron chi connectivity index (χ1n) is 8.61. The van der Waals surface area contributed by atoms with Crippen LogP contribution in [0.25, 0.3) is 17.4 Å². The lowest BCUT2D eigenvalue weighted by Crippen LogP contribution is -2.14. The van der Waals surface area contributed by atoms with E-state index in [1.807, 2.05) is 6.07 Å². The van der Waals surface area contributed by atoms with Crippen molar-refractivity contribution in [1.29, 1.82) is 5.26 Å². The number of primary sulfonamides is 1. The summed E-state index contributed by atoms with van der Waals surface area (Å²) < 4.78 is 33.5. The average molecular weight is 423 g/mol. The Hall–Kier alpha value is -3.87. The molecule has 0 bridgehead atoms. The van der Waals surface area contributed by atoms with Gasteiger partial charge in [-0.2, -0.15) is 5.26 Å². The Morgan fingerprint density at radius 1 is 1.13 bits per heavy atom. The largest absolute Gasteiger partial charge is 0.495 e. The van der Waals surface area contributed by atoms with Gasteiger partial charge < -0.3 is 14.5 Å². The molecule has 0 spiro atoms. The smallest absolute Gasteiger partial charge is 0.266 e. The normalized spacial score (nSPS) is 11.6. The molecule has 0 radical (unpaired) electrons. The number of para-hydroxylation sites is 2. The predicted octanol–water partition coefficient (Wildman–Crippen LogP) is 3.15. The molecule has 0 aliphatic heterocycles. The van der Waals surface area contributed by atoms with E-state index in [-0.39, 0.29) is 16.2 Å². The number of nitrogens with two attached hydrogens (primary N) is 1. The van der Waals surface area contributed by atoms with Gasteiger partial charge in [-0.05, 0) is 48.5 Å². The molecule has 0 aliphatic rings. The molecule has 8 nitrogen and oxygen atoms in total. The zero-order valence-electron chi connectivity index (χ0n) is 15.8. The lowest BCUT2D eigenvalue weighted by Gasteiger charge is -2.08. The summed E-state index contributed by atoms with van der Waals surface area (Å²) in [5.74, 6) is 0.570. The highest BCUT2D eigenvalue weighted by atomic mass is 32.2. The molecule has 0 unspecified atom stereocenters. The van der Waals surface area contributed by atoms with Gasteiger partial charge in [-0.3, -0.25) is 4.79 Å². The minimum absolute atomic E-state index is 0.0160. The molecular formula is C21H17N3O5S. The van der Waals surface area contributed by atoms with Crippen molar-refractivity contribution in [3.63, 3.8) is 0 Å². The highest BCUT2D eigenvalue weighted by Gasteiger charge is 2.14. The van der Waals surface area contributed by atoms with Crippen LogP contribution in [0, 0.1) is 11.3 Å². The van der Waals surface area contributed by atoms with Crippen LogP contribution < -0.4 is 15.2 Å². The lowest BCUT2D eigenvalue weighted by molar-refractivity contribution is -0.112. The molecule has 0 fully saturated rings. The minimum atomic E-state index is -3.79. The van der Waals surface area contributed by atoms with Gasteiger partial charge in [-0.1, -0.05) is 12.1 Å². The van der Waals surface area contributed by atoms with E-state index in [0.29, 0.717) is 22.8 Å². The van der Waals surface area contributed by atoms with E-state index in [4.69, 9.17) is 14.3 Å². The molecule has 3 rings (SSSR count). The molecule has 0 atom stereocenters. The Labute approximate surface area is 173 Å².